The Morgan fingerprint density at radius 1 is 1.06 bits per heavy atom. The number of carbonyl (C=O) groups is 1. The third-order valence-corrected chi connectivity index (χ3v) is 8.51. The fourth-order valence-corrected chi connectivity index (χ4v) is 6.83. The number of aromatic nitrogens is 3. The number of rotatable bonds is 6. The molecule has 31 heavy (non-hydrogen) atoms. The maximum atomic E-state index is 12.3. The van der Waals surface area contributed by atoms with Gasteiger partial charge in [-0.05, 0) is 41.8 Å². The molecule has 7 heteroatoms. The summed E-state index contributed by atoms with van der Waals surface area (Å²) < 4.78 is 1.12. The van der Waals surface area contributed by atoms with Crippen LogP contribution in [-0.2, 0) is 21.8 Å². The zero-order chi connectivity index (χ0) is 21.4. The second-order valence-electron chi connectivity index (χ2n) is 7.48. The number of carboxylic acids is 1. The van der Waals surface area contributed by atoms with Crippen molar-refractivity contribution in [3.8, 4) is 0 Å². The molecule has 1 aliphatic rings. The standard InChI is InChI=1S/C24H21N3O2S2/c1-2-7-21-26-18-10-6-13-25-22(18)27(21)15-16-11-12-19-20(14-16)31-24(30-19,23(28)29)17-8-4-3-5-9-17/h3-6,8-14H,2,7,15H2,1H3,(H,28,29). The summed E-state index contributed by atoms with van der Waals surface area (Å²) in [5.41, 5.74) is 3.71. The van der Waals surface area contributed by atoms with Gasteiger partial charge in [-0.1, -0.05) is 66.8 Å². The number of carboxylic acid groups (broad SMARTS) is 1. The van der Waals surface area contributed by atoms with E-state index in [1.165, 1.54) is 23.5 Å². The molecule has 5 rings (SSSR count). The Kier molecular flexibility index (Phi) is 5.24. The molecule has 0 saturated carbocycles. The van der Waals surface area contributed by atoms with Gasteiger partial charge in [0.05, 0.1) is 6.54 Å². The molecule has 0 saturated heterocycles. The lowest BCUT2D eigenvalue weighted by Crippen LogP contribution is -2.26. The highest BCUT2D eigenvalue weighted by Gasteiger charge is 2.48. The van der Waals surface area contributed by atoms with E-state index in [0.29, 0.717) is 6.54 Å². The predicted molar refractivity (Wildman–Crippen MR) is 125 cm³/mol. The highest BCUT2D eigenvalue weighted by molar-refractivity contribution is 8.21. The molecule has 1 N–H and O–H groups in total. The Labute approximate surface area is 188 Å². The molecule has 1 unspecified atom stereocenters. The van der Waals surface area contributed by atoms with Crippen LogP contribution in [0.4, 0.5) is 0 Å². The van der Waals surface area contributed by atoms with Crippen molar-refractivity contribution >= 4 is 40.7 Å². The van der Waals surface area contributed by atoms with E-state index in [9.17, 15) is 9.90 Å². The van der Waals surface area contributed by atoms with Crippen LogP contribution in [0.15, 0.2) is 76.7 Å². The van der Waals surface area contributed by atoms with E-state index < -0.39 is 10.0 Å². The first-order chi connectivity index (χ1) is 15.1. The summed E-state index contributed by atoms with van der Waals surface area (Å²) >= 11 is 2.82. The van der Waals surface area contributed by atoms with Gasteiger partial charge in [-0.25, -0.2) is 14.8 Å². The Morgan fingerprint density at radius 3 is 2.65 bits per heavy atom. The summed E-state index contributed by atoms with van der Waals surface area (Å²) in [5.74, 6) is 0.199. The number of nitrogens with zero attached hydrogens (tertiary/aromatic N) is 3. The zero-order valence-electron chi connectivity index (χ0n) is 17.0. The number of pyridine rings is 1. The van der Waals surface area contributed by atoms with Gasteiger partial charge in [-0.2, -0.15) is 0 Å². The van der Waals surface area contributed by atoms with Crippen molar-refractivity contribution in [2.75, 3.05) is 0 Å². The maximum Gasteiger partial charge on any atom is 0.335 e. The third-order valence-electron chi connectivity index (χ3n) is 5.35. The van der Waals surface area contributed by atoms with Crippen LogP contribution in [0.2, 0.25) is 0 Å². The van der Waals surface area contributed by atoms with Gasteiger partial charge in [-0.15, -0.1) is 0 Å². The first-order valence-corrected chi connectivity index (χ1v) is 11.8. The predicted octanol–water partition coefficient (Wildman–Crippen LogP) is 5.57. The quantitative estimate of drug-likeness (QED) is 0.417. The molecular weight excluding hydrogens is 426 g/mol. The van der Waals surface area contributed by atoms with E-state index in [1.807, 2.05) is 48.5 Å². The van der Waals surface area contributed by atoms with Crippen LogP contribution in [0.5, 0.6) is 0 Å². The minimum Gasteiger partial charge on any atom is -0.479 e. The molecule has 2 aromatic carbocycles. The number of fused-ring (bicyclic) bond motifs is 2. The molecule has 1 aliphatic heterocycles. The van der Waals surface area contributed by atoms with Crippen LogP contribution in [-0.4, -0.2) is 25.6 Å². The van der Waals surface area contributed by atoms with E-state index in [-0.39, 0.29) is 0 Å². The van der Waals surface area contributed by atoms with Gasteiger partial charge < -0.3 is 9.67 Å². The molecule has 0 fully saturated rings. The fraction of sp³-hybridized carbons (Fsp3) is 0.208. The van der Waals surface area contributed by atoms with E-state index in [2.05, 4.69) is 28.6 Å². The SMILES string of the molecule is CCCc1nc2cccnc2n1Cc1ccc2c(c1)SC(C(=O)O)(c1ccccc1)S2. The van der Waals surface area contributed by atoms with E-state index in [0.717, 1.165) is 50.7 Å². The second-order valence-corrected chi connectivity index (χ2v) is 10.3. The number of imidazole rings is 1. The van der Waals surface area contributed by atoms with Crippen molar-refractivity contribution in [2.24, 2.45) is 0 Å². The average molecular weight is 448 g/mol. The third kappa shape index (κ3) is 3.51. The van der Waals surface area contributed by atoms with Gasteiger partial charge >= 0.3 is 5.97 Å². The molecule has 2 aromatic heterocycles. The molecule has 0 aliphatic carbocycles. The van der Waals surface area contributed by atoms with Crippen LogP contribution in [0.25, 0.3) is 11.2 Å². The Bertz CT molecular complexity index is 1270. The first-order valence-electron chi connectivity index (χ1n) is 10.2. The fourth-order valence-electron chi connectivity index (χ4n) is 3.90. The monoisotopic (exact) mass is 447 g/mol. The molecule has 156 valence electrons. The van der Waals surface area contributed by atoms with Gasteiger partial charge in [-0.3, -0.25) is 0 Å². The van der Waals surface area contributed by atoms with Crippen LogP contribution < -0.4 is 0 Å². The highest BCUT2D eigenvalue weighted by atomic mass is 32.2. The summed E-state index contributed by atoms with van der Waals surface area (Å²) in [6.45, 7) is 2.81. The van der Waals surface area contributed by atoms with Crippen LogP contribution in [0.1, 0.15) is 30.3 Å². The molecule has 0 spiro atoms. The summed E-state index contributed by atoms with van der Waals surface area (Å²) in [4.78, 5) is 23.7. The van der Waals surface area contributed by atoms with Gasteiger partial charge in [0.15, 0.2) is 9.73 Å². The minimum atomic E-state index is -1.06. The smallest absolute Gasteiger partial charge is 0.335 e. The zero-order valence-corrected chi connectivity index (χ0v) is 18.6. The summed E-state index contributed by atoms with van der Waals surface area (Å²) in [7, 11) is 0. The first kappa shape index (κ1) is 20.2. The molecule has 1 atom stereocenters. The Hall–Kier alpha value is -2.77. The van der Waals surface area contributed by atoms with Crippen molar-refractivity contribution in [2.45, 2.75) is 40.2 Å². The molecule has 5 nitrogen and oxygen atoms in total. The number of thioether (sulfide) groups is 2. The number of aryl methyl sites for hydroxylation is 1. The average Bonchev–Trinajstić information content (AvgIpc) is 3.34. The second kappa shape index (κ2) is 8.05. The van der Waals surface area contributed by atoms with Gasteiger partial charge in [0.2, 0.25) is 0 Å². The molecule has 3 heterocycles. The number of hydrogen-bond acceptors (Lipinski definition) is 5. The molecule has 0 radical (unpaired) electrons. The van der Waals surface area contributed by atoms with Crippen molar-refractivity contribution in [1.29, 1.82) is 0 Å². The van der Waals surface area contributed by atoms with Crippen LogP contribution in [0, 0.1) is 0 Å². The highest BCUT2D eigenvalue weighted by Crippen LogP contribution is 2.61. The summed E-state index contributed by atoms with van der Waals surface area (Å²) in [6.07, 6.45) is 3.70. The lowest BCUT2D eigenvalue weighted by atomic mass is 10.1. The normalized spacial score (nSPS) is 17.7. The van der Waals surface area contributed by atoms with Crippen LogP contribution in [0.3, 0.4) is 0 Å². The Morgan fingerprint density at radius 2 is 1.87 bits per heavy atom. The van der Waals surface area contributed by atoms with E-state index >= 15 is 0 Å². The molecule has 0 amide bonds. The topological polar surface area (TPSA) is 68.0 Å². The lowest BCUT2D eigenvalue weighted by molar-refractivity contribution is -0.137. The van der Waals surface area contributed by atoms with E-state index in [4.69, 9.17) is 4.98 Å². The maximum absolute atomic E-state index is 12.3. The van der Waals surface area contributed by atoms with Gasteiger partial charge in [0.1, 0.15) is 11.3 Å². The van der Waals surface area contributed by atoms with Gasteiger partial charge in [0.25, 0.3) is 0 Å². The molecule has 0 bridgehead atoms. The largest absolute Gasteiger partial charge is 0.479 e. The summed E-state index contributed by atoms with van der Waals surface area (Å²) in [5, 5.41) is 10.1. The van der Waals surface area contributed by atoms with Crippen molar-refractivity contribution in [3.05, 3.63) is 83.8 Å². The number of benzene rings is 2. The van der Waals surface area contributed by atoms with Crippen molar-refractivity contribution in [3.63, 3.8) is 0 Å². The number of hydrogen-bond donors (Lipinski definition) is 1. The minimum absolute atomic E-state index is 0.659. The molecular formula is C24H21N3O2S2. The van der Waals surface area contributed by atoms with E-state index in [1.54, 1.807) is 6.20 Å². The van der Waals surface area contributed by atoms with Crippen molar-refractivity contribution in [1.82, 2.24) is 14.5 Å². The summed E-state index contributed by atoms with van der Waals surface area (Å²) in [6, 6.07) is 19.6. The van der Waals surface area contributed by atoms with Crippen molar-refractivity contribution < 1.29 is 9.90 Å². The molecule has 4 aromatic rings. The van der Waals surface area contributed by atoms with Crippen LogP contribution >= 0.6 is 23.5 Å². The number of aliphatic carboxylic acids is 1. The van der Waals surface area contributed by atoms with Gasteiger partial charge in [0, 0.05) is 22.4 Å². The lowest BCUT2D eigenvalue weighted by Gasteiger charge is -2.22. The Balaban J connectivity index is 1.50.